The second-order valence-electron chi connectivity index (χ2n) is 4.78. The van der Waals surface area contributed by atoms with Gasteiger partial charge < -0.3 is 10.1 Å². The van der Waals surface area contributed by atoms with E-state index in [1.807, 2.05) is 0 Å². The minimum absolute atomic E-state index is 0.387. The second kappa shape index (κ2) is 4.07. The summed E-state index contributed by atoms with van der Waals surface area (Å²) in [7, 11) is 2.13. The summed E-state index contributed by atoms with van der Waals surface area (Å²) in [6.07, 6.45) is 1.51. The fourth-order valence-corrected chi connectivity index (χ4v) is 2.49. The molecule has 0 aliphatic carbocycles. The van der Waals surface area contributed by atoms with E-state index in [1.54, 1.807) is 0 Å². The van der Waals surface area contributed by atoms with Crippen molar-refractivity contribution >= 4 is 0 Å². The number of nitrogens with one attached hydrogen (secondary N) is 1. The van der Waals surface area contributed by atoms with Crippen molar-refractivity contribution in [1.82, 2.24) is 10.2 Å². The third-order valence-corrected chi connectivity index (χ3v) is 3.43. The average molecular weight is 218 g/mol. The van der Waals surface area contributed by atoms with E-state index in [9.17, 15) is 0 Å². The summed E-state index contributed by atoms with van der Waals surface area (Å²) in [5.74, 6) is 1.09. The van der Waals surface area contributed by atoms with Crippen LogP contribution in [0.1, 0.15) is 11.1 Å². The van der Waals surface area contributed by atoms with Crippen molar-refractivity contribution in [2.24, 2.45) is 0 Å². The van der Waals surface area contributed by atoms with Gasteiger partial charge in [0.25, 0.3) is 0 Å². The van der Waals surface area contributed by atoms with Crippen LogP contribution in [0.4, 0.5) is 0 Å². The van der Waals surface area contributed by atoms with Crippen molar-refractivity contribution in [2.75, 3.05) is 26.7 Å². The largest absolute Gasteiger partial charge is 0.487 e. The fraction of sp³-hybridized carbons (Fsp3) is 0.538. The zero-order valence-corrected chi connectivity index (χ0v) is 9.70. The highest BCUT2D eigenvalue weighted by Crippen LogP contribution is 2.27. The molecule has 3 nitrogen and oxygen atoms in total. The maximum Gasteiger partial charge on any atom is 0.124 e. The van der Waals surface area contributed by atoms with Gasteiger partial charge in [0.15, 0.2) is 0 Å². The Balaban J connectivity index is 1.78. The molecule has 3 rings (SSSR count). The number of hydrogen-bond acceptors (Lipinski definition) is 3. The third kappa shape index (κ3) is 1.81. The molecule has 1 N–H and O–H groups in total. The molecule has 0 bridgehead atoms. The highest BCUT2D eigenvalue weighted by atomic mass is 16.5. The minimum Gasteiger partial charge on any atom is -0.487 e. The number of rotatable bonds is 2. The Morgan fingerprint density at radius 1 is 1.38 bits per heavy atom. The van der Waals surface area contributed by atoms with Crippen LogP contribution in [0.2, 0.25) is 0 Å². The lowest BCUT2D eigenvalue weighted by Crippen LogP contribution is -2.51. The molecule has 0 spiro atoms. The van der Waals surface area contributed by atoms with Gasteiger partial charge in [-0.05, 0) is 31.6 Å². The van der Waals surface area contributed by atoms with Gasteiger partial charge in [0.1, 0.15) is 11.9 Å². The quantitative estimate of drug-likeness (QED) is 0.802. The summed E-state index contributed by atoms with van der Waals surface area (Å²) >= 11 is 0. The number of likely N-dealkylation sites (N-methyl/N-ethyl adjacent to an activating group) is 1. The van der Waals surface area contributed by atoms with Gasteiger partial charge in [-0.15, -0.1) is 0 Å². The maximum atomic E-state index is 6.04. The van der Waals surface area contributed by atoms with Gasteiger partial charge in [0.05, 0.1) is 0 Å². The zero-order valence-electron chi connectivity index (χ0n) is 9.70. The maximum absolute atomic E-state index is 6.04. The van der Waals surface area contributed by atoms with Crippen molar-refractivity contribution < 1.29 is 4.74 Å². The molecule has 2 aliphatic rings. The van der Waals surface area contributed by atoms with Gasteiger partial charge in [-0.1, -0.05) is 12.1 Å². The smallest absolute Gasteiger partial charge is 0.124 e. The summed E-state index contributed by atoms with van der Waals surface area (Å²) in [5, 5.41) is 3.41. The fourth-order valence-electron chi connectivity index (χ4n) is 2.49. The molecule has 1 aromatic carbocycles. The Labute approximate surface area is 96.4 Å². The van der Waals surface area contributed by atoms with Crippen LogP contribution >= 0.6 is 0 Å². The first-order valence-corrected chi connectivity index (χ1v) is 5.99. The number of benzene rings is 1. The van der Waals surface area contributed by atoms with Crippen LogP contribution in [-0.4, -0.2) is 37.7 Å². The molecule has 1 aromatic rings. The van der Waals surface area contributed by atoms with Crippen molar-refractivity contribution in [1.29, 1.82) is 0 Å². The van der Waals surface area contributed by atoms with E-state index < -0.39 is 0 Å². The van der Waals surface area contributed by atoms with Gasteiger partial charge in [-0.25, -0.2) is 0 Å². The molecule has 86 valence electrons. The molecular formula is C13H18N2O. The number of ether oxygens (including phenoxy) is 1. The van der Waals surface area contributed by atoms with E-state index in [0.717, 1.165) is 38.3 Å². The highest BCUT2D eigenvalue weighted by Gasteiger charge is 2.26. The average Bonchev–Trinajstić information content (AvgIpc) is 2.27. The van der Waals surface area contributed by atoms with Crippen LogP contribution in [-0.2, 0) is 13.0 Å². The standard InChI is InChI=1S/C13H18N2O/c1-15-8-11(9-15)16-13-4-2-3-10-5-6-14-7-12(10)13/h2-4,11,14H,5-9H2,1H3. The number of fused-ring (bicyclic) bond motifs is 1. The molecule has 3 heteroatoms. The Morgan fingerprint density at radius 2 is 2.25 bits per heavy atom. The molecule has 0 atom stereocenters. The molecular weight excluding hydrogens is 200 g/mol. The lowest BCUT2D eigenvalue weighted by atomic mass is 10.00. The van der Waals surface area contributed by atoms with Gasteiger partial charge in [0, 0.05) is 25.2 Å². The first-order chi connectivity index (χ1) is 7.83. The zero-order chi connectivity index (χ0) is 11.0. The second-order valence-corrected chi connectivity index (χ2v) is 4.78. The summed E-state index contributed by atoms with van der Waals surface area (Å²) in [5.41, 5.74) is 2.81. The van der Waals surface area contributed by atoms with Crippen LogP contribution in [0.5, 0.6) is 5.75 Å². The van der Waals surface area contributed by atoms with E-state index in [4.69, 9.17) is 4.74 Å². The lowest BCUT2D eigenvalue weighted by molar-refractivity contribution is 0.0379. The van der Waals surface area contributed by atoms with E-state index in [2.05, 4.69) is 35.5 Å². The predicted octanol–water partition coefficient (Wildman–Crippen LogP) is 1.03. The summed E-state index contributed by atoms with van der Waals surface area (Å²) < 4.78 is 6.04. The Hall–Kier alpha value is -1.06. The molecule has 1 fully saturated rings. The Morgan fingerprint density at radius 3 is 3.06 bits per heavy atom. The van der Waals surface area contributed by atoms with Gasteiger partial charge in [0.2, 0.25) is 0 Å². The summed E-state index contributed by atoms with van der Waals surface area (Å²) in [4.78, 5) is 2.28. The van der Waals surface area contributed by atoms with Crippen LogP contribution in [0, 0.1) is 0 Å². The van der Waals surface area contributed by atoms with Crippen molar-refractivity contribution in [3.63, 3.8) is 0 Å². The Bertz CT molecular complexity index is 386. The van der Waals surface area contributed by atoms with Gasteiger partial charge in [-0.2, -0.15) is 0 Å². The van der Waals surface area contributed by atoms with Crippen LogP contribution in [0.15, 0.2) is 18.2 Å². The Kier molecular flexibility index (Phi) is 2.58. The molecule has 0 unspecified atom stereocenters. The highest BCUT2D eigenvalue weighted by molar-refractivity contribution is 5.41. The third-order valence-electron chi connectivity index (χ3n) is 3.43. The van der Waals surface area contributed by atoms with E-state index >= 15 is 0 Å². The molecule has 1 saturated heterocycles. The first-order valence-electron chi connectivity index (χ1n) is 5.99. The molecule has 2 heterocycles. The first kappa shape index (κ1) is 10.1. The van der Waals surface area contributed by atoms with Crippen molar-refractivity contribution in [2.45, 2.75) is 19.1 Å². The van der Waals surface area contributed by atoms with Crippen LogP contribution in [0.3, 0.4) is 0 Å². The van der Waals surface area contributed by atoms with E-state index in [0.29, 0.717) is 6.10 Å². The minimum atomic E-state index is 0.387. The van der Waals surface area contributed by atoms with E-state index in [1.165, 1.54) is 11.1 Å². The normalized spacial score (nSPS) is 21.3. The molecule has 2 aliphatic heterocycles. The monoisotopic (exact) mass is 218 g/mol. The topological polar surface area (TPSA) is 24.5 Å². The predicted molar refractivity (Wildman–Crippen MR) is 63.8 cm³/mol. The number of nitrogens with zero attached hydrogens (tertiary/aromatic N) is 1. The molecule has 0 aromatic heterocycles. The SMILES string of the molecule is CN1CC(Oc2cccc3c2CNCC3)C1. The molecule has 0 saturated carbocycles. The molecule has 16 heavy (non-hydrogen) atoms. The van der Waals surface area contributed by atoms with E-state index in [-0.39, 0.29) is 0 Å². The lowest BCUT2D eigenvalue weighted by Gasteiger charge is -2.36. The molecule has 0 amide bonds. The van der Waals surface area contributed by atoms with Gasteiger partial charge >= 0.3 is 0 Å². The van der Waals surface area contributed by atoms with Crippen LogP contribution in [0.25, 0.3) is 0 Å². The number of likely N-dealkylation sites (tertiary alicyclic amines) is 1. The van der Waals surface area contributed by atoms with Crippen LogP contribution < -0.4 is 10.1 Å². The number of hydrogen-bond donors (Lipinski definition) is 1. The van der Waals surface area contributed by atoms with Crippen molar-refractivity contribution in [3.8, 4) is 5.75 Å². The summed E-state index contributed by atoms with van der Waals surface area (Å²) in [6.45, 7) is 4.14. The van der Waals surface area contributed by atoms with Crippen molar-refractivity contribution in [3.05, 3.63) is 29.3 Å². The summed E-state index contributed by atoms with van der Waals surface area (Å²) in [6, 6.07) is 6.43. The van der Waals surface area contributed by atoms with Gasteiger partial charge in [-0.3, -0.25) is 4.90 Å². The molecule has 0 radical (unpaired) electrons.